The van der Waals surface area contributed by atoms with Gasteiger partial charge < -0.3 is 9.47 Å². The van der Waals surface area contributed by atoms with Gasteiger partial charge in [-0.2, -0.15) is 0 Å². The Hall–Kier alpha value is -1.55. The Bertz CT molecular complexity index is 571. The molecule has 2 atom stereocenters. The summed E-state index contributed by atoms with van der Waals surface area (Å²) in [5.74, 6) is -1.10. The lowest BCUT2D eigenvalue weighted by molar-refractivity contribution is 0.0223. The minimum Gasteiger partial charge on any atom is -0.459 e. The normalized spacial score (nSPS) is 13.2. The Morgan fingerprint density at radius 3 is 1.92 bits per heavy atom. The number of halogens is 1. The fraction of sp³-hybridized carbons (Fsp3) is 0.600. The number of hydrogen-bond acceptors (Lipinski definition) is 4. The van der Waals surface area contributed by atoms with E-state index in [4.69, 9.17) is 21.1 Å². The lowest BCUT2D eigenvalue weighted by Gasteiger charge is -2.19. The van der Waals surface area contributed by atoms with Crippen molar-refractivity contribution in [3.05, 3.63) is 34.3 Å². The number of esters is 2. The molecule has 0 aliphatic heterocycles. The van der Waals surface area contributed by atoms with E-state index in [1.807, 2.05) is 27.7 Å². The third-order valence-corrected chi connectivity index (χ3v) is 4.43. The second kappa shape index (κ2) is 11.1. The van der Waals surface area contributed by atoms with Gasteiger partial charge in [-0.1, -0.05) is 58.2 Å². The topological polar surface area (TPSA) is 52.6 Å². The Labute approximate surface area is 155 Å². The maximum absolute atomic E-state index is 12.6. The molecule has 0 N–H and O–H groups in total. The molecule has 0 heterocycles. The van der Waals surface area contributed by atoms with Crippen LogP contribution in [0.4, 0.5) is 0 Å². The van der Waals surface area contributed by atoms with Crippen molar-refractivity contribution in [2.45, 2.75) is 78.4 Å². The number of benzene rings is 1. The summed E-state index contributed by atoms with van der Waals surface area (Å²) in [4.78, 5) is 25.2. The zero-order chi connectivity index (χ0) is 18.8. The molecule has 0 saturated heterocycles. The fourth-order valence-corrected chi connectivity index (χ4v) is 2.92. The van der Waals surface area contributed by atoms with E-state index in [1.54, 1.807) is 18.2 Å². The second-order valence-electron chi connectivity index (χ2n) is 6.11. The minimum absolute atomic E-state index is 0.0927. The van der Waals surface area contributed by atoms with Gasteiger partial charge in [-0.25, -0.2) is 9.59 Å². The average Bonchev–Trinajstić information content (AvgIpc) is 2.60. The number of carbonyl (C=O) groups is 2. The monoisotopic (exact) mass is 368 g/mol. The molecule has 1 rings (SSSR count). The van der Waals surface area contributed by atoms with E-state index in [-0.39, 0.29) is 28.4 Å². The maximum Gasteiger partial charge on any atom is 0.340 e. The summed E-state index contributed by atoms with van der Waals surface area (Å²) in [7, 11) is 0. The summed E-state index contributed by atoms with van der Waals surface area (Å²) in [5, 5.41) is 0.203. The van der Waals surface area contributed by atoms with Crippen LogP contribution in [-0.2, 0) is 9.47 Å². The molecule has 0 aliphatic carbocycles. The van der Waals surface area contributed by atoms with E-state index in [2.05, 4.69) is 0 Å². The second-order valence-corrected chi connectivity index (χ2v) is 6.52. The summed E-state index contributed by atoms with van der Waals surface area (Å²) in [6, 6.07) is 4.78. The van der Waals surface area contributed by atoms with Crippen molar-refractivity contribution in [2.75, 3.05) is 0 Å². The lowest BCUT2D eigenvalue weighted by atomic mass is 10.1. The van der Waals surface area contributed by atoms with Gasteiger partial charge in [0.05, 0.1) is 16.1 Å². The molecule has 0 radical (unpaired) electrons. The van der Waals surface area contributed by atoms with Crippen LogP contribution in [0.1, 0.15) is 86.9 Å². The third-order valence-electron chi connectivity index (χ3n) is 4.12. The highest BCUT2D eigenvalue weighted by molar-refractivity contribution is 6.34. The van der Waals surface area contributed by atoms with Crippen LogP contribution in [0.15, 0.2) is 18.2 Å². The maximum atomic E-state index is 12.6. The van der Waals surface area contributed by atoms with Gasteiger partial charge in [0, 0.05) is 0 Å². The molecule has 5 heteroatoms. The van der Waals surface area contributed by atoms with Gasteiger partial charge in [0.1, 0.15) is 12.2 Å². The van der Waals surface area contributed by atoms with Gasteiger partial charge in [-0.05, 0) is 37.8 Å². The van der Waals surface area contributed by atoms with Crippen LogP contribution >= 0.6 is 11.6 Å². The SMILES string of the molecule is CCCC(CC)OC(=O)c1cccc(Cl)c1C(=O)OC(CC)CCC. The van der Waals surface area contributed by atoms with Gasteiger partial charge in [0.2, 0.25) is 0 Å². The molecule has 0 saturated carbocycles. The Balaban J connectivity index is 3.04. The summed E-state index contributed by atoms with van der Waals surface area (Å²) >= 11 is 6.20. The van der Waals surface area contributed by atoms with Gasteiger partial charge in [0.15, 0.2) is 0 Å². The third kappa shape index (κ3) is 6.35. The summed E-state index contributed by atoms with van der Waals surface area (Å²) in [5.41, 5.74) is 0.258. The van der Waals surface area contributed by atoms with Crippen LogP contribution in [0.25, 0.3) is 0 Å². The zero-order valence-electron chi connectivity index (χ0n) is 15.6. The van der Waals surface area contributed by atoms with Crippen molar-refractivity contribution in [1.82, 2.24) is 0 Å². The number of ether oxygens (including phenoxy) is 2. The van der Waals surface area contributed by atoms with Crippen molar-refractivity contribution in [3.63, 3.8) is 0 Å². The molecule has 0 spiro atoms. The fourth-order valence-electron chi connectivity index (χ4n) is 2.66. The molecule has 0 aromatic heterocycles. The highest BCUT2D eigenvalue weighted by atomic mass is 35.5. The highest BCUT2D eigenvalue weighted by Gasteiger charge is 2.25. The van der Waals surface area contributed by atoms with Gasteiger partial charge in [0.25, 0.3) is 0 Å². The van der Waals surface area contributed by atoms with Gasteiger partial charge >= 0.3 is 11.9 Å². The minimum atomic E-state index is -0.568. The molecular weight excluding hydrogens is 340 g/mol. The van der Waals surface area contributed by atoms with Crippen LogP contribution in [0.2, 0.25) is 5.02 Å². The Morgan fingerprint density at radius 1 is 0.920 bits per heavy atom. The quantitative estimate of drug-likeness (QED) is 0.489. The number of hydrogen-bond donors (Lipinski definition) is 0. The van der Waals surface area contributed by atoms with Crippen molar-refractivity contribution in [1.29, 1.82) is 0 Å². The summed E-state index contributed by atoms with van der Waals surface area (Å²) < 4.78 is 11.1. The van der Waals surface area contributed by atoms with Crippen LogP contribution < -0.4 is 0 Å². The first-order chi connectivity index (χ1) is 12.0. The summed E-state index contributed by atoms with van der Waals surface area (Å²) in [6.07, 6.45) is 4.51. The van der Waals surface area contributed by atoms with Crippen molar-refractivity contribution >= 4 is 23.5 Å². The molecule has 0 fully saturated rings. The number of carbonyl (C=O) groups excluding carboxylic acids is 2. The van der Waals surface area contributed by atoms with E-state index in [9.17, 15) is 9.59 Å². The van der Waals surface area contributed by atoms with Crippen molar-refractivity contribution in [3.8, 4) is 0 Å². The highest BCUT2D eigenvalue weighted by Crippen LogP contribution is 2.24. The predicted molar refractivity (Wildman–Crippen MR) is 100 cm³/mol. The van der Waals surface area contributed by atoms with Crippen LogP contribution in [0.5, 0.6) is 0 Å². The van der Waals surface area contributed by atoms with E-state index in [1.165, 1.54) is 0 Å². The van der Waals surface area contributed by atoms with E-state index in [0.29, 0.717) is 0 Å². The smallest absolute Gasteiger partial charge is 0.340 e. The molecule has 140 valence electrons. The molecule has 1 aromatic rings. The first-order valence-electron chi connectivity index (χ1n) is 9.18. The molecule has 1 aromatic carbocycles. The molecule has 0 amide bonds. The van der Waals surface area contributed by atoms with Crippen LogP contribution in [0, 0.1) is 0 Å². The first-order valence-corrected chi connectivity index (χ1v) is 9.56. The Kier molecular flexibility index (Phi) is 9.58. The number of rotatable bonds is 10. The van der Waals surface area contributed by atoms with Crippen LogP contribution in [0.3, 0.4) is 0 Å². The molecular formula is C20H29ClO4. The molecule has 4 nitrogen and oxygen atoms in total. The zero-order valence-corrected chi connectivity index (χ0v) is 16.4. The Morgan fingerprint density at radius 2 is 1.44 bits per heavy atom. The summed E-state index contributed by atoms with van der Waals surface area (Å²) in [6.45, 7) is 8.01. The largest absolute Gasteiger partial charge is 0.459 e. The first kappa shape index (κ1) is 21.5. The van der Waals surface area contributed by atoms with Gasteiger partial charge in [-0.15, -0.1) is 0 Å². The predicted octanol–water partition coefficient (Wildman–Crippen LogP) is 5.81. The van der Waals surface area contributed by atoms with E-state index < -0.39 is 11.9 Å². The van der Waals surface area contributed by atoms with Gasteiger partial charge in [-0.3, -0.25) is 0 Å². The lowest BCUT2D eigenvalue weighted by Crippen LogP contribution is -2.23. The van der Waals surface area contributed by atoms with Crippen molar-refractivity contribution < 1.29 is 19.1 Å². The van der Waals surface area contributed by atoms with E-state index >= 15 is 0 Å². The standard InChI is InChI=1S/C20H29ClO4/c1-5-10-14(7-3)24-19(22)16-12-9-13-17(21)18(16)20(23)25-15(8-4)11-6-2/h9,12-15H,5-8,10-11H2,1-4H3. The molecule has 25 heavy (non-hydrogen) atoms. The molecule has 0 bridgehead atoms. The average molecular weight is 369 g/mol. The van der Waals surface area contributed by atoms with Crippen LogP contribution in [-0.4, -0.2) is 24.1 Å². The molecule has 2 unspecified atom stereocenters. The van der Waals surface area contributed by atoms with E-state index in [0.717, 1.165) is 38.5 Å². The van der Waals surface area contributed by atoms with Crippen molar-refractivity contribution in [2.24, 2.45) is 0 Å². The molecule has 0 aliphatic rings.